The molecule has 3 aromatic rings. The van der Waals surface area contributed by atoms with Crippen LogP contribution >= 0.6 is 11.3 Å². The first-order chi connectivity index (χ1) is 9.18. The van der Waals surface area contributed by atoms with Gasteiger partial charge in [0.25, 0.3) is 5.56 Å². The van der Waals surface area contributed by atoms with Gasteiger partial charge in [0.2, 0.25) is 10.7 Å². The largest absolute Gasteiger partial charge is 0.287 e. The molecular weight excluding hydrogens is 262 g/mol. The Morgan fingerprint density at radius 2 is 1.95 bits per heavy atom. The van der Waals surface area contributed by atoms with E-state index in [1.165, 1.54) is 15.7 Å². The zero-order chi connectivity index (χ0) is 13.4. The van der Waals surface area contributed by atoms with Crippen molar-refractivity contribution in [2.75, 3.05) is 0 Å². The van der Waals surface area contributed by atoms with E-state index in [1.807, 2.05) is 6.07 Å². The average Bonchev–Trinajstić information content (AvgIpc) is 2.88. The summed E-state index contributed by atoms with van der Waals surface area (Å²) in [7, 11) is 0. The zero-order valence-electron chi connectivity index (χ0n) is 10.0. The number of hydrogen-bond acceptors (Lipinski definition) is 5. The lowest BCUT2D eigenvalue weighted by Crippen LogP contribution is -2.22. The third kappa shape index (κ3) is 1.86. The number of carbonyl (C=O) groups excluding carboxylic acids is 1. The van der Waals surface area contributed by atoms with Gasteiger partial charge in [0.1, 0.15) is 11.4 Å². The molecule has 0 fully saturated rings. The van der Waals surface area contributed by atoms with Crippen molar-refractivity contribution in [1.82, 2.24) is 14.6 Å². The van der Waals surface area contributed by atoms with Gasteiger partial charge in [-0.1, -0.05) is 30.3 Å². The summed E-state index contributed by atoms with van der Waals surface area (Å²) in [6.07, 6.45) is 0. The zero-order valence-corrected chi connectivity index (χ0v) is 10.8. The van der Waals surface area contributed by atoms with Crippen LogP contribution in [0, 0.1) is 6.92 Å². The van der Waals surface area contributed by atoms with Gasteiger partial charge in [0.05, 0.1) is 0 Å². The Kier molecular flexibility index (Phi) is 2.72. The number of aryl methyl sites for hydroxylation is 1. The van der Waals surface area contributed by atoms with Gasteiger partial charge in [-0.3, -0.25) is 9.59 Å². The minimum atomic E-state index is -0.300. The lowest BCUT2D eigenvalue weighted by atomic mass is 10.1. The van der Waals surface area contributed by atoms with Crippen molar-refractivity contribution < 1.29 is 4.79 Å². The first-order valence-electron chi connectivity index (χ1n) is 5.62. The minimum Gasteiger partial charge on any atom is -0.287 e. The van der Waals surface area contributed by atoms with Crippen LogP contribution < -0.4 is 5.56 Å². The summed E-state index contributed by atoms with van der Waals surface area (Å²) in [5.41, 5.74) is 0.848. The Bertz CT molecular complexity index is 821. The molecule has 0 atom stereocenters. The number of ketones is 1. The molecule has 0 radical (unpaired) electrons. The molecule has 0 aliphatic carbocycles. The summed E-state index contributed by atoms with van der Waals surface area (Å²) in [5, 5.41) is 9.32. The molecule has 0 N–H and O–H groups in total. The average molecular weight is 271 g/mol. The van der Waals surface area contributed by atoms with E-state index in [1.54, 1.807) is 36.6 Å². The van der Waals surface area contributed by atoms with E-state index in [0.717, 1.165) is 0 Å². The fourth-order valence-electron chi connectivity index (χ4n) is 1.80. The normalized spacial score (nSPS) is 10.8. The Hall–Kier alpha value is -2.34. The minimum absolute atomic E-state index is 0.193. The molecule has 94 valence electrons. The fraction of sp³-hybridized carbons (Fsp3) is 0.0769. The van der Waals surface area contributed by atoms with Crippen molar-refractivity contribution >= 4 is 22.1 Å². The second kappa shape index (κ2) is 4.40. The number of rotatable bonds is 2. The quantitative estimate of drug-likeness (QED) is 0.665. The van der Waals surface area contributed by atoms with Crippen molar-refractivity contribution in [1.29, 1.82) is 0 Å². The second-order valence-electron chi connectivity index (χ2n) is 4.02. The number of benzene rings is 1. The number of hydrogen-bond donors (Lipinski definition) is 0. The molecule has 0 aliphatic rings. The van der Waals surface area contributed by atoms with E-state index in [2.05, 4.69) is 10.2 Å². The van der Waals surface area contributed by atoms with Crippen LogP contribution in [-0.4, -0.2) is 20.4 Å². The number of fused-ring (bicyclic) bond motifs is 1. The second-order valence-corrected chi connectivity index (χ2v) is 4.86. The van der Waals surface area contributed by atoms with Crippen LogP contribution in [0.3, 0.4) is 0 Å². The molecule has 2 heterocycles. The molecule has 0 saturated heterocycles. The van der Waals surface area contributed by atoms with Gasteiger partial charge in [0, 0.05) is 10.9 Å². The molecule has 5 nitrogen and oxygen atoms in total. The van der Waals surface area contributed by atoms with E-state index in [9.17, 15) is 9.59 Å². The van der Waals surface area contributed by atoms with Gasteiger partial charge in [-0.25, -0.2) is 4.40 Å². The molecule has 19 heavy (non-hydrogen) atoms. The molecule has 0 saturated carbocycles. The van der Waals surface area contributed by atoms with Gasteiger partial charge >= 0.3 is 0 Å². The maximum atomic E-state index is 12.4. The molecule has 0 aliphatic heterocycles. The first kappa shape index (κ1) is 11.7. The van der Waals surface area contributed by atoms with E-state index in [-0.39, 0.29) is 17.0 Å². The molecule has 2 aromatic heterocycles. The predicted molar refractivity (Wildman–Crippen MR) is 71.7 cm³/mol. The van der Waals surface area contributed by atoms with Gasteiger partial charge in [-0.05, 0) is 6.92 Å². The SMILES string of the molecule is Cc1nnc2scc(C(=O)c3ccccc3)n2c1=O. The Balaban J connectivity index is 2.25. The summed E-state index contributed by atoms with van der Waals surface area (Å²) >= 11 is 1.23. The van der Waals surface area contributed by atoms with Crippen LogP contribution in [-0.2, 0) is 0 Å². The van der Waals surface area contributed by atoms with E-state index in [0.29, 0.717) is 16.2 Å². The van der Waals surface area contributed by atoms with Crippen molar-refractivity contribution in [2.24, 2.45) is 0 Å². The van der Waals surface area contributed by atoms with Crippen molar-refractivity contribution in [3.05, 3.63) is 63.0 Å². The van der Waals surface area contributed by atoms with Crippen molar-refractivity contribution in [3.8, 4) is 0 Å². The molecule has 3 rings (SSSR count). The number of thiazole rings is 1. The Morgan fingerprint density at radius 1 is 1.21 bits per heavy atom. The van der Waals surface area contributed by atoms with Crippen LogP contribution in [0.1, 0.15) is 21.7 Å². The number of aromatic nitrogens is 3. The van der Waals surface area contributed by atoms with Crippen molar-refractivity contribution in [2.45, 2.75) is 6.92 Å². The fourth-order valence-corrected chi connectivity index (χ4v) is 2.60. The van der Waals surface area contributed by atoms with E-state index < -0.39 is 0 Å². The summed E-state index contributed by atoms with van der Waals surface area (Å²) in [6.45, 7) is 1.58. The first-order valence-corrected chi connectivity index (χ1v) is 6.50. The molecular formula is C13H9N3O2S. The monoisotopic (exact) mass is 271 g/mol. The predicted octanol–water partition coefficient (Wildman–Crippen LogP) is 1.69. The number of nitrogens with zero attached hydrogens (tertiary/aromatic N) is 3. The molecule has 0 unspecified atom stereocenters. The molecule has 0 spiro atoms. The summed E-state index contributed by atoms with van der Waals surface area (Å²) in [5.74, 6) is -0.193. The van der Waals surface area contributed by atoms with Crippen LogP contribution in [0.25, 0.3) is 4.96 Å². The summed E-state index contributed by atoms with van der Waals surface area (Å²) in [4.78, 5) is 24.9. The Labute approximate surface area is 112 Å². The van der Waals surface area contributed by atoms with Gasteiger partial charge in [0.15, 0.2) is 0 Å². The Morgan fingerprint density at radius 3 is 2.68 bits per heavy atom. The third-order valence-corrected chi connectivity index (χ3v) is 3.59. The summed E-state index contributed by atoms with van der Waals surface area (Å²) < 4.78 is 1.32. The van der Waals surface area contributed by atoms with E-state index in [4.69, 9.17) is 0 Å². The molecule has 0 bridgehead atoms. The van der Waals surface area contributed by atoms with Crippen LogP contribution in [0.15, 0.2) is 40.5 Å². The lowest BCUT2D eigenvalue weighted by Gasteiger charge is -2.00. The van der Waals surface area contributed by atoms with Crippen LogP contribution in [0.4, 0.5) is 0 Å². The third-order valence-electron chi connectivity index (χ3n) is 2.77. The molecule has 6 heteroatoms. The highest BCUT2D eigenvalue weighted by Gasteiger charge is 2.17. The van der Waals surface area contributed by atoms with Gasteiger partial charge < -0.3 is 0 Å². The van der Waals surface area contributed by atoms with Crippen LogP contribution in [0.2, 0.25) is 0 Å². The molecule has 0 amide bonds. The van der Waals surface area contributed by atoms with Gasteiger partial charge in [-0.2, -0.15) is 0 Å². The topological polar surface area (TPSA) is 64.3 Å². The highest BCUT2D eigenvalue weighted by atomic mass is 32.1. The highest BCUT2D eigenvalue weighted by molar-refractivity contribution is 7.15. The number of carbonyl (C=O) groups is 1. The lowest BCUT2D eigenvalue weighted by molar-refractivity contribution is 0.103. The van der Waals surface area contributed by atoms with Crippen LogP contribution in [0.5, 0.6) is 0 Å². The highest BCUT2D eigenvalue weighted by Crippen LogP contribution is 2.15. The van der Waals surface area contributed by atoms with Crippen molar-refractivity contribution in [3.63, 3.8) is 0 Å². The maximum absolute atomic E-state index is 12.4. The maximum Gasteiger partial charge on any atom is 0.280 e. The standard InChI is InChI=1S/C13H9N3O2S/c1-8-12(18)16-10(7-19-13(16)15-14-8)11(17)9-5-3-2-4-6-9/h2-7H,1H3. The smallest absolute Gasteiger partial charge is 0.280 e. The summed E-state index contributed by atoms with van der Waals surface area (Å²) in [6, 6.07) is 8.85. The van der Waals surface area contributed by atoms with E-state index >= 15 is 0 Å². The molecule has 1 aromatic carbocycles. The van der Waals surface area contributed by atoms with Gasteiger partial charge in [-0.15, -0.1) is 21.5 Å².